The summed E-state index contributed by atoms with van der Waals surface area (Å²) in [7, 11) is 0. The average molecular weight is 452 g/mol. The smallest absolute Gasteiger partial charge is 0.257 e. The first kappa shape index (κ1) is 21.3. The zero-order valence-corrected chi connectivity index (χ0v) is 19.4. The highest BCUT2D eigenvalue weighted by Gasteiger charge is 2.30. The van der Waals surface area contributed by atoms with E-state index in [0.717, 1.165) is 40.3 Å². The maximum absolute atomic E-state index is 13.3. The normalized spacial score (nSPS) is 16.1. The van der Waals surface area contributed by atoms with Crippen molar-refractivity contribution in [3.05, 3.63) is 65.4 Å². The summed E-state index contributed by atoms with van der Waals surface area (Å²) in [6.07, 6.45) is 0. The van der Waals surface area contributed by atoms with Crippen molar-refractivity contribution in [2.45, 2.75) is 26.8 Å². The molecule has 1 aromatic heterocycles. The van der Waals surface area contributed by atoms with Gasteiger partial charge in [0.2, 0.25) is 0 Å². The van der Waals surface area contributed by atoms with Gasteiger partial charge in [-0.15, -0.1) is 0 Å². The molecule has 0 aliphatic carbocycles. The lowest BCUT2D eigenvalue weighted by Crippen LogP contribution is -2.45. The van der Waals surface area contributed by atoms with Crippen LogP contribution in [0.2, 0.25) is 0 Å². The number of nitrogens with zero attached hydrogens (tertiary/aromatic N) is 2. The molecular formula is C23H25N5OS2. The van der Waals surface area contributed by atoms with Gasteiger partial charge < -0.3 is 15.5 Å². The second kappa shape index (κ2) is 9.03. The Hall–Kier alpha value is -2.97. The van der Waals surface area contributed by atoms with Crippen molar-refractivity contribution in [2.75, 3.05) is 23.3 Å². The molecule has 31 heavy (non-hydrogen) atoms. The summed E-state index contributed by atoms with van der Waals surface area (Å²) in [4.78, 5) is 20.1. The van der Waals surface area contributed by atoms with E-state index in [-0.39, 0.29) is 11.9 Å². The average Bonchev–Trinajstić information content (AvgIpc) is 3.16. The van der Waals surface area contributed by atoms with Crippen LogP contribution >= 0.6 is 23.6 Å². The van der Waals surface area contributed by atoms with Gasteiger partial charge in [0, 0.05) is 24.5 Å². The van der Waals surface area contributed by atoms with Crippen LogP contribution < -0.4 is 20.9 Å². The number of aromatic nitrogens is 1. The van der Waals surface area contributed by atoms with Gasteiger partial charge in [0.15, 0.2) is 10.2 Å². The number of hydrogen-bond acceptors (Lipinski definition) is 5. The van der Waals surface area contributed by atoms with Crippen LogP contribution in [0.1, 0.15) is 32.4 Å². The minimum Gasteiger partial charge on any atom is -0.372 e. The molecular weight excluding hydrogens is 426 g/mol. The first-order chi connectivity index (χ1) is 15.0. The number of nitrogens with one attached hydrogen (secondary N) is 3. The van der Waals surface area contributed by atoms with Crippen LogP contribution in [0.5, 0.6) is 0 Å². The zero-order chi connectivity index (χ0) is 22.0. The number of anilines is 2. The van der Waals surface area contributed by atoms with Crippen molar-refractivity contribution in [1.29, 1.82) is 0 Å². The van der Waals surface area contributed by atoms with Crippen LogP contribution in [0.25, 0.3) is 10.2 Å². The van der Waals surface area contributed by atoms with Crippen molar-refractivity contribution >= 4 is 55.6 Å². The van der Waals surface area contributed by atoms with Crippen molar-refractivity contribution < 1.29 is 4.79 Å². The number of carbonyl (C=O) groups is 1. The third-order valence-electron chi connectivity index (χ3n) is 5.38. The molecule has 2 aromatic carbocycles. The highest BCUT2D eigenvalue weighted by molar-refractivity contribution is 7.80. The lowest BCUT2D eigenvalue weighted by Gasteiger charge is -2.30. The van der Waals surface area contributed by atoms with Gasteiger partial charge in [-0.1, -0.05) is 35.6 Å². The van der Waals surface area contributed by atoms with Crippen LogP contribution in [0.15, 0.2) is 59.8 Å². The zero-order valence-electron chi connectivity index (χ0n) is 17.7. The van der Waals surface area contributed by atoms with E-state index in [4.69, 9.17) is 12.2 Å². The van der Waals surface area contributed by atoms with E-state index < -0.39 is 0 Å². The van der Waals surface area contributed by atoms with E-state index in [2.05, 4.69) is 63.9 Å². The van der Waals surface area contributed by atoms with E-state index in [9.17, 15) is 4.79 Å². The number of thiazole rings is 1. The van der Waals surface area contributed by atoms with Crippen LogP contribution in [0.3, 0.4) is 0 Å². The summed E-state index contributed by atoms with van der Waals surface area (Å²) in [5.41, 5.74) is 4.35. The number of allylic oxidation sites excluding steroid dienone is 1. The number of thiocarbonyl (C=S) groups is 1. The molecule has 160 valence electrons. The van der Waals surface area contributed by atoms with Crippen molar-refractivity contribution in [3.8, 4) is 0 Å². The number of hydrogen-bond donors (Lipinski definition) is 3. The van der Waals surface area contributed by atoms with Crippen molar-refractivity contribution in [2.24, 2.45) is 0 Å². The highest BCUT2D eigenvalue weighted by Crippen LogP contribution is 2.31. The fourth-order valence-electron chi connectivity index (χ4n) is 3.80. The van der Waals surface area contributed by atoms with Crippen LogP contribution in [-0.4, -0.2) is 29.1 Å². The number of para-hydroxylation sites is 1. The van der Waals surface area contributed by atoms with Gasteiger partial charge in [-0.05, 0) is 62.8 Å². The Morgan fingerprint density at radius 1 is 1.16 bits per heavy atom. The van der Waals surface area contributed by atoms with Crippen LogP contribution in [-0.2, 0) is 4.79 Å². The number of benzene rings is 2. The minimum atomic E-state index is -0.339. The molecule has 3 aromatic rings. The van der Waals surface area contributed by atoms with E-state index >= 15 is 0 Å². The Labute approximate surface area is 191 Å². The Morgan fingerprint density at radius 3 is 2.55 bits per heavy atom. The molecule has 0 radical (unpaired) electrons. The fraction of sp³-hybridized carbons (Fsp3) is 0.261. The Morgan fingerprint density at radius 2 is 1.87 bits per heavy atom. The predicted molar refractivity (Wildman–Crippen MR) is 133 cm³/mol. The lowest BCUT2D eigenvalue weighted by atomic mass is 9.94. The SMILES string of the molecule is CCN(CC)c1ccc(C2NC(=S)NC(C)=C2C(=O)Nc2nc3ccccc3s2)cc1. The van der Waals surface area contributed by atoms with E-state index in [1.165, 1.54) is 11.3 Å². The van der Waals surface area contributed by atoms with E-state index in [1.54, 1.807) is 0 Å². The van der Waals surface area contributed by atoms with Gasteiger partial charge >= 0.3 is 0 Å². The van der Waals surface area contributed by atoms with Crippen molar-refractivity contribution in [3.63, 3.8) is 0 Å². The molecule has 1 aliphatic rings. The summed E-state index contributed by atoms with van der Waals surface area (Å²) >= 11 is 6.83. The Kier molecular flexibility index (Phi) is 6.20. The lowest BCUT2D eigenvalue weighted by molar-refractivity contribution is -0.113. The van der Waals surface area contributed by atoms with E-state index in [0.29, 0.717) is 15.8 Å². The summed E-state index contributed by atoms with van der Waals surface area (Å²) < 4.78 is 1.04. The Bertz CT molecular complexity index is 1120. The van der Waals surface area contributed by atoms with Crippen LogP contribution in [0.4, 0.5) is 10.8 Å². The van der Waals surface area contributed by atoms with Gasteiger partial charge in [0.1, 0.15) is 0 Å². The summed E-state index contributed by atoms with van der Waals surface area (Å²) in [5, 5.41) is 10.4. The van der Waals surface area contributed by atoms with Crippen molar-refractivity contribution in [1.82, 2.24) is 15.6 Å². The summed E-state index contributed by atoms with van der Waals surface area (Å²) in [5.74, 6) is -0.197. The van der Waals surface area contributed by atoms with Crippen LogP contribution in [0, 0.1) is 0 Å². The third-order valence-corrected chi connectivity index (χ3v) is 6.55. The van der Waals surface area contributed by atoms with Gasteiger partial charge in [-0.25, -0.2) is 4.98 Å². The minimum absolute atomic E-state index is 0.197. The fourth-order valence-corrected chi connectivity index (χ4v) is 4.93. The van der Waals surface area contributed by atoms with Gasteiger partial charge in [0.05, 0.1) is 21.8 Å². The van der Waals surface area contributed by atoms with Gasteiger partial charge in [-0.3, -0.25) is 10.1 Å². The molecule has 0 saturated carbocycles. The predicted octanol–water partition coefficient (Wildman–Crippen LogP) is 4.57. The molecule has 6 nitrogen and oxygen atoms in total. The molecule has 2 heterocycles. The number of rotatable bonds is 6. The number of fused-ring (bicyclic) bond motifs is 1. The molecule has 1 atom stereocenters. The molecule has 3 N–H and O–H groups in total. The Balaban J connectivity index is 1.62. The summed E-state index contributed by atoms with van der Waals surface area (Å²) in [6.45, 7) is 8.04. The van der Waals surface area contributed by atoms with E-state index in [1.807, 2.05) is 31.2 Å². The molecule has 8 heteroatoms. The second-order valence-corrected chi connectivity index (χ2v) is 8.71. The molecule has 1 unspecified atom stereocenters. The highest BCUT2D eigenvalue weighted by atomic mass is 32.1. The number of amides is 1. The molecule has 4 rings (SSSR count). The largest absolute Gasteiger partial charge is 0.372 e. The monoisotopic (exact) mass is 451 g/mol. The maximum Gasteiger partial charge on any atom is 0.257 e. The molecule has 1 aliphatic heterocycles. The summed E-state index contributed by atoms with van der Waals surface area (Å²) in [6, 6.07) is 15.8. The quantitative estimate of drug-likeness (QED) is 0.477. The molecule has 0 saturated heterocycles. The molecule has 0 fully saturated rings. The van der Waals surface area contributed by atoms with Gasteiger partial charge in [0.25, 0.3) is 5.91 Å². The standard InChI is InChI=1S/C23H25N5OS2/c1-4-28(5-2)16-12-10-15(11-13-16)20-19(14(3)24-22(30)26-20)21(29)27-23-25-17-8-6-7-9-18(17)31-23/h6-13,20H,4-5H2,1-3H3,(H2,24,26,30)(H,25,27,29). The van der Waals surface area contributed by atoms with Gasteiger partial charge in [-0.2, -0.15) is 0 Å². The molecule has 0 spiro atoms. The maximum atomic E-state index is 13.3. The molecule has 0 bridgehead atoms. The first-order valence-corrected chi connectivity index (χ1v) is 11.5. The number of carbonyl (C=O) groups excluding carboxylic acids is 1. The molecule has 1 amide bonds. The third kappa shape index (κ3) is 4.40. The first-order valence-electron chi connectivity index (χ1n) is 10.3. The second-order valence-electron chi connectivity index (χ2n) is 7.27. The topological polar surface area (TPSA) is 69.3 Å².